The summed E-state index contributed by atoms with van der Waals surface area (Å²) in [7, 11) is 0. The van der Waals surface area contributed by atoms with Crippen LogP contribution in [0.25, 0.3) is 5.57 Å². The second-order valence-electron chi connectivity index (χ2n) is 3.86. The molecule has 0 unspecified atom stereocenters. The van der Waals surface area contributed by atoms with E-state index in [0.29, 0.717) is 0 Å². The summed E-state index contributed by atoms with van der Waals surface area (Å²) >= 11 is 0. The molecule has 1 aromatic rings. The van der Waals surface area contributed by atoms with Gasteiger partial charge in [-0.05, 0) is 36.5 Å². The van der Waals surface area contributed by atoms with Gasteiger partial charge in [-0.1, -0.05) is 56.3 Å². The molecule has 0 saturated heterocycles. The van der Waals surface area contributed by atoms with Crippen LogP contribution in [0.1, 0.15) is 38.3 Å². The standard InChI is InChI=1S/C15H20/c1-5-7-15(12(3)4)14-10-8-13(6-2)9-11-14/h7-11H,3,5-6H2,1-2,4H3/b15-7+. The van der Waals surface area contributed by atoms with Crippen molar-refractivity contribution in [1.29, 1.82) is 0 Å². The molecule has 0 radical (unpaired) electrons. The lowest BCUT2D eigenvalue weighted by atomic mass is 9.97. The lowest BCUT2D eigenvalue weighted by molar-refractivity contribution is 1.14. The van der Waals surface area contributed by atoms with Crippen LogP contribution in [0.4, 0.5) is 0 Å². The summed E-state index contributed by atoms with van der Waals surface area (Å²) < 4.78 is 0. The molecule has 0 nitrogen and oxygen atoms in total. The lowest BCUT2D eigenvalue weighted by Crippen LogP contribution is -1.87. The molecule has 0 bridgehead atoms. The van der Waals surface area contributed by atoms with E-state index in [1.54, 1.807) is 0 Å². The van der Waals surface area contributed by atoms with Crippen LogP contribution in [0, 0.1) is 0 Å². The first kappa shape index (κ1) is 11.8. The Bertz CT molecular complexity index is 352. The third-order valence-corrected chi connectivity index (χ3v) is 2.54. The summed E-state index contributed by atoms with van der Waals surface area (Å²) in [6.45, 7) is 10.4. The summed E-state index contributed by atoms with van der Waals surface area (Å²) in [5, 5.41) is 0. The molecule has 15 heavy (non-hydrogen) atoms. The maximum Gasteiger partial charge on any atom is -0.0185 e. The van der Waals surface area contributed by atoms with Crippen molar-refractivity contribution in [2.75, 3.05) is 0 Å². The fourth-order valence-electron chi connectivity index (χ4n) is 1.66. The molecule has 0 aromatic heterocycles. The highest BCUT2D eigenvalue weighted by Gasteiger charge is 2.01. The molecule has 0 aliphatic heterocycles. The maximum atomic E-state index is 4.02. The molecular formula is C15H20. The largest absolute Gasteiger partial charge is 0.0955 e. The Morgan fingerprint density at radius 3 is 2.20 bits per heavy atom. The molecule has 80 valence electrons. The topological polar surface area (TPSA) is 0 Å². The van der Waals surface area contributed by atoms with Crippen LogP contribution in [0.3, 0.4) is 0 Å². The van der Waals surface area contributed by atoms with Crippen LogP contribution in [0.2, 0.25) is 0 Å². The normalized spacial score (nSPS) is 11.5. The smallest absolute Gasteiger partial charge is 0.0185 e. The predicted octanol–water partition coefficient (Wildman–Crippen LogP) is 4.62. The number of allylic oxidation sites excluding steroid dienone is 3. The van der Waals surface area contributed by atoms with E-state index in [1.165, 1.54) is 16.7 Å². The highest BCUT2D eigenvalue weighted by molar-refractivity contribution is 5.77. The van der Waals surface area contributed by atoms with Crippen molar-refractivity contribution < 1.29 is 0 Å². The van der Waals surface area contributed by atoms with E-state index >= 15 is 0 Å². The Labute approximate surface area is 93.3 Å². The van der Waals surface area contributed by atoms with Gasteiger partial charge in [-0.25, -0.2) is 0 Å². The zero-order valence-corrected chi connectivity index (χ0v) is 10.0. The Hall–Kier alpha value is -1.30. The first-order valence-corrected chi connectivity index (χ1v) is 5.64. The van der Waals surface area contributed by atoms with Crippen molar-refractivity contribution in [2.45, 2.75) is 33.6 Å². The van der Waals surface area contributed by atoms with Gasteiger partial charge in [0.05, 0.1) is 0 Å². The van der Waals surface area contributed by atoms with E-state index in [1.807, 2.05) is 0 Å². The molecule has 0 heterocycles. The second-order valence-corrected chi connectivity index (χ2v) is 3.86. The quantitative estimate of drug-likeness (QED) is 0.622. The molecule has 0 heteroatoms. The summed E-state index contributed by atoms with van der Waals surface area (Å²) in [5.41, 5.74) is 5.08. The minimum Gasteiger partial charge on any atom is -0.0955 e. The Balaban J connectivity index is 3.02. The molecular weight excluding hydrogens is 180 g/mol. The Morgan fingerprint density at radius 2 is 1.80 bits per heavy atom. The van der Waals surface area contributed by atoms with Crippen molar-refractivity contribution in [2.24, 2.45) is 0 Å². The fourth-order valence-corrected chi connectivity index (χ4v) is 1.66. The molecule has 0 fully saturated rings. The fraction of sp³-hybridized carbons (Fsp3) is 0.333. The van der Waals surface area contributed by atoms with E-state index in [4.69, 9.17) is 0 Å². The first-order valence-electron chi connectivity index (χ1n) is 5.64. The second kappa shape index (κ2) is 5.55. The first-order chi connectivity index (χ1) is 7.19. The number of hydrogen-bond acceptors (Lipinski definition) is 0. The molecule has 0 amide bonds. The van der Waals surface area contributed by atoms with Gasteiger partial charge in [0, 0.05) is 0 Å². The van der Waals surface area contributed by atoms with Crippen molar-refractivity contribution in [3.05, 3.63) is 53.6 Å². The van der Waals surface area contributed by atoms with Gasteiger partial charge >= 0.3 is 0 Å². The Kier molecular flexibility index (Phi) is 4.36. The van der Waals surface area contributed by atoms with E-state index in [-0.39, 0.29) is 0 Å². The van der Waals surface area contributed by atoms with E-state index in [2.05, 4.69) is 57.7 Å². The van der Waals surface area contributed by atoms with Crippen molar-refractivity contribution in [1.82, 2.24) is 0 Å². The van der Waals surface area contributed by atoms with Gasteiger partial charge in [0.2, 0.25) is 0 Å². The summed E-state index contributed by atoms with van der Waals surface area (Å²) in [6.07, 6.45) is 4.39. The van der Waals surface area contributed by atoms with Gasteiger partial charge in [0.25, 0.3) is 0 Å². The molecule has 0 saturated carbocycles. The summed E-state index contributed by atoms with van der Waals surface area (Å²) in [5.74, 6) is 0. The van der Waals surface area contributed by atoms with Crippen LogP contribution < -0.4 is 0 Å². The third kappa shape index (κ3) is 3.09. The van der Waals surface area contributed by atoms with E-state index in [9.17, 15) is 0 Å². The summed E-state index contributed by atoms with van der Waals surface area (Å²) in [6, 6.07) is 8.77. The zero-order valence-electron chi connectivity index (χ0n) is 10.0. The number of benzene rings is 1. The minimum absolute atomic E-state index is 1.05. The average Bonchev–Trinajstić information content (AvgIpc) is 2.26. The van der Waals surface area contributed by atoms with Crippen LogP contribution in [-0.4, -0.2) is 0 Å². The highest BCUT2D eigenvalue weighted by Crippen LogP contribution is 2.22. The third-order valence-electron chi connectivity index (χ3n) is 2.54. The minimum atomic E-state index is 1.05. The molecule has 1 rings (SSSR count). The van der Waals surface area contributed by atoms with Gasteiger partial charge in [-0.15, -0.1) is 0 Å². The molecule has 0 aliphatic carbocycles. The van der Waals surface area contributed by atoms with Gasteiger partial charge in [-0.3, -0.25) is 0 Å². The highest BCUT2D eigenvalue weighted by atomic mass is 14.1. The number of rotatable bonds is 4. The van der Waals surface area contributed by atoms with E-state index in [0.717, 1.165) is 18.4 Å². The predicted molar refractivity (Wildman–Crippen MR) is 68.9 cm³/mol. The SMILES string of the molecule is C=C(C)/C(=C\CC)c1ccc(CC)cc1. The number of hydrogen-bond donors (Lipinski definition) is 0. The van der Waals surface area contributed by atoms with Gasteiger partial charge in [0.15, 0.2) is 0 Å². The molecule has 0 N–H and O–H groups in total. The molecule has 0 spiro atoms. The van der Waals surface area contributed by atoms with Crippen molar-refractivity contribution in [3.63, 3.8) is 0 Å². The molecule has 0 aliphatic rings. The molecule has 1 aromatic carbocycles. The van der Waals surface area contributed by atoms with Crippen LogP contribution >= 0.6 is 0 Å². The van der Waals surface area contributed by atoms with Gasteiger partial charge in [-0.2, -0.15) is 0 Å². The maximum absolute atomic E-state index is 4.02. The monoisotopic (exact) mass is 200 g/mol. The number of aryl methyl sites for hydroxylation is 1. The van der Waals surface area contributed by atoms with Gasteiger partial charge < -0.3 is 0 Å². The Morgan fingerprint density at radius 1 is 1.20 bits per heavy atom. The zero-order chi connectivity index (χ0) is 11.3. The van der Waals surface area contributed by atoms with Crippen LogP contribution in [0.15, 0.2) is 42.5 Å². The average molecular weight is 200 g/mol. The summed E-state index contributed by atoms with van der Waals surface area (Å²) in [4.78, 5) is 0. The van der Waals surface area contributed by atoms with Crippen LogP contribution in [0.5, 0.6) is 0 Å². The lowest BCUT2D eigenvalue weighted by Gasteiger charge is -2.08. The van der Waals surface area contributed by atoms with Crippen molar-refractivity contribution in [3.8, 4) is 0 Å². The van der Waals surface area contributed by atoms with Crippen LogP contribution in [-0.2, 0) is 6.42 Å². The van der Waals surface area contributed by atoms with E-state index < -0.39 is 0 Å². The molecule has 0 atom stereocenters. The van der Waals surface area contributed by atoms with Gasteiger partial charge in [0.1, 0.15) is 0 Å². The van der Waals surface area contributed by atoms with Crippen molar-refractivity contribution >= 4 is 5.57 Å².